The molecule has 1 aliphatic heterocycles. The van der Waals surface area contributed by atoms with E-state index in [4.69, 9.17) is 11.6 Å². The molecule has 1 aromatic carbocycles. The van der Waals surface area contributed by atoms with Crippen LogP contribution in [0.15, 0.2) is 42.9 Å². The third-order valence-electron chi connectivity index (χ3n) is 3.82. The first-order chi connectivity index (χ1) is 11.6. The number of rotatable bonds is 2. The molecule has 0 spiro atoms. The van der Waals surface area contributed by atoms with Gasteiger partial charge in [-0.25, -0.2) is 4.68 Å². The van der Waals surface area contributed by atoms with Crippen molar-refractivity contribution in [3.63, 3.8) is 0 Å². The van der Waals surface area contributed by atoms with Crippen LogP contribution >= 0.6 is 23.4 Å². The van der Waals surface area contributed by atoms with Gasteiger partial charge in [0.15, 0.2) is 0 Å². The molecule has 1 aliphatic rings. The van der Waals surface area contributed by atoms with Gasteiger partial charge in [-0.3, -0.25) is 9.48 Å². The summed E-state index contributed by atoms with van der Waals surface area (Å²) in [5.74, 6) is 1.04. The fourth-order valence-electron chi connectivity index (χ4n) is 2.72. The Hall–Kier alpha value is -2.25. The number of benzene rings is 1. The van der Waals surface area contributed by atoms with Crippen molar-refractivity contribution in [2.45, 2.75) is 5.25 Å². The highest BCUT2D eigenvalue weighted by Crippen LogP contribution is 2.41. The quantitative estimate of drug-likeness (QED) is 0.763. The molecule has 1 amide bonds. The van der Waals surface area contributed by atoms with Gasteiger partial charge in [0.1, 0.15) is 5.82 Å². The zero-order valence-corrected chi connectivity index (χ0v) is 14.4. The number of amides is 1. The lowest BCUT2D eigenvalue weighted by atomic mass is 10.1. The van der Waals surface area contributed by atoms with Gasteiger partial charge in [-0.1, -0.05) is 11.6 Å². The highest BCUT2D eigenvalue weighted by atomic mass is 35.5. The normalized spacial score (nSPS) is 17.2. The van der Waals surface area contributed by atoms with E-state index in [9.17, 15) is 4.79 Å². The summed E-state index contributed by atoms with van der Waals surface area (Å²) in [6, 6.07) is 7.35. The van der Waals surface area contributed by atoms with Gasteiger partial charge in [-0.15, -0.1) is 11.8 Å². The predicted molar refractivity (Wildman–Crippen MR) is 94.7 cm³/mol. The van der Waals surface area contributed by atoms with Crippen molar-refractivity contribution in [1.29, 1.82) is 0 Å². The van der Waals surface area contributed by atoms with Gasteiger partial charge in [0.25, 0.3) is 0 Å². The van der Waals surface area contributed by atoms with E-state index in [-0.39, 0.29) is 11.2 Å². The molecule has 1 atom stereocenters. The van der Waals surface area contributed by atoms with Crippen molar-refractivity contribution >= 4 is 35.1 Å². The number of carbonyl (C=O) groups is 1. The van der Waals surface area contributed by atoms with Gasteiger partial charge in [-0.2, -0.15) is 10.2 Å². The second-order valence-corrected chi connectivity index (χ2v) is 7.05. The molecule has 0 saturated carbocycles. The number of halogens is 1. The number of carbonyl (C=O) groups excluding carboxylic acids is 1. The highest BCUT2D eigenvalue weighted by Gasteiger charge is 2.28. The molecule has 0 radical (unpaired) electrons. The van der Waals surface area contributed by atoms with Gasteiger partial charge in [0.05, 0.1) is 29.1 Å². The summed E-state index contributed by atoms with van der Waals surface area (Å²) in [7, 11) is 1.88. The number of nitrogens with zero attached hydrogens (tertiary/aromatic N) is 4. The molecule has 4 rings (SSSR count). The van der Waals surface area contributed by atoms with Crippen molar-refractivity contribution in [3.8, 4) is 5.69 Å². The Labute approximate surface area is 147 Å². The van der Waals surface area contributed by atoms with E-state index in [0.717, 1.165) is 16.8 Å². The van der Waals surface area contributed by atoms with Gasteiger partial charge < -0.3 is 5.32 Å². The second kappa shape index (κ2) is 5.99. The Kier molecular flexibility index (Phi) is 3.82. The topological polar surface area (TPSA) is 64.7 Å². The number of hydrogen-bond donors (Lipinski definition) is 1. The van der Waals surface area contributed by atoms with E-state index >= 15 is 0 Å². The van der Waals surface area contributed by atoms with Gasteiger partial charge in [-0.05, 0) is 24.3 Å². The van der Waals surface area contributed by atoms with E-state index < -0.39 is 0 Å². The maximum absolute atomic E-state index is 12.1. The maximum Gasteiger partial charge on any atom is 0.235 e. The minimum atomic E-state index is -0.0386. The van der Waals surface area contributed by atoms with Gasteiger partial charge >= 0.3 is 0 Å². The lowest BCUT2D eigenvalue weighted by molar-refractivity contribution is -0.113. The van der Waals surface area contributed by atoms with Crippen LogP contribution in [0.3, 0.4) is 0 Å². The maximum atomic E-state index is 12.1. The van der Waals surface area contributed by atoms with Crippen LogP contribution in [0, 0.1) is 0 Å². The average Bonchev–Trinajstić information content (AvgIpc) is 3.12. The predicted octanol–water partition coefficient (Wildman–Crippen LogP) is 3.03. The molecular weight excluding hydrogens is 346 g/mol. The summed E-state index contributed by atoms with van der Waals surface area (Å²) in [4.78, 5) is 12.1. The van der Waals surface area contributed by atoms with Crippen molar-refractivity contribution in [1.82, 2.24) is 19.6 Å². The minimum absolute atomic E-state index is 0.00806. The first-order valence-corrected chi connectivity index (χ1v) is 8.78. The molecule has 0 aliphatic carbocycles. The molecular formula is C16H14ClN5OS. The molecule has 1 N–H and O–H groups in total. The Bertz CT molecular complexity index is 902. The molecule has 0 unspecified atom stereocenters. The molecule has 3 aromatic rings. The first-order valence-electron chi connectivity index (χ1n) is 7.35. The summed E-state index contributed by atoms with van der Waals surface area (Å²) < 4.78 is 3.50. The summed E-state index contributed by atoms with van der Waals surface area (Å²) in [6.07, 6.45) is 5.61. The summed E-state index contributed by atoms with van der Waals surface area (Å²) in [5.41, 5.74) is 2.86. The SMILES string of the molecule is Cn1cc([C@@H]2SCC(=O)Nc3c2cnn3-c2ccc(Cl)cc2)cn1. The second-order valence-electron chi connectivity index (χ2n) is 5.52. The standard InChI is InChI=1S/C16H14ClN5OS/c1-21-8-10(6-18-21)15-13-7-19-22(12-4-2-11(17)3-5-12)16(13)20-14(23)9-24-15/h2-8,15H,9H2,1H3,(H,20,23)/t15-/m0/s1. The van der Waals surface area contributed by atoms with E-state index in [1.807, 2.05) is 31.6 Å². The Balaban J connectivity index is 1.82. The summed E-state index contributed by atoms with van der Waals surface area (Å²) >= 11 is 7.53. The number of nitrogens with one attached hydrogen (secondary N) is 1. The highest BCUT2D eigenvalue weighted by molar-refractivity contribution is 8.00. The molecule has 24 heavy (non-hydrogen) atoms. The number of aryl methyl sites for hydroxylation is 1. The Morgan fingerprint density at radius 2 is 2.04 bits per heavy atom. The Morgan fingerprint density at radius 3 is 2.75 bits per heavy atom. The van der Waals surface area contributed by atoms with Crippen molar-refractivity contribution in [2.75, 3.05) is 11.1 Å². The number of fused-ring (bicyclic) bond motifs is 1. The molecule has 0 saturated heterocycles. The zero-order valence-electron chi connectivity index (χ0n) is 12.8. The van der Waals surface area contributed by atoms with E-state index in [1.54, 1.807) is 39.5 Å². The van der Waals surface area contributed by atoms with Crippen molar-refractivity contribution in [2.24, 2.45) is 7.05 Å². The van der Waals surface area contributed by atoms with E-state index in [1.165, 1.54) is 0 Å². The number of anilines is 1. The number of thioether (sulfide) groups is 1. The molecule has 3 heterocycles. The minimum Gasteiger partial charge on any atom is -0.310 e. The fraction of sp³-hybridized carbons (Fsp3) is 0.188. The van der Waals surface area contributed by atoms with Crippen LogP contribution in [0.2, 0.25) is 5.02 Å². The van der Waals surface area contributed by atoms with Gasteiger partial charge in [0.2, 0.25) is 5.91 Å². The summed E-state index contributed by atoms with van der Waals surface area (Å²) in [5, 5.41) is 12.4. The summed E-state index contributed by atoms with van der Waals surface area (Å²) in [6.45, 7) is 0. The lowest BCUT2D eigenvalue weighted by Crippen LogP contribution is -2.15. The third-order valence-corrected chi connectivity index (χ3v) is 5.36. The van der Waals surface area contributed by atoms with Crippen LogP contribution in [0.1, 0.15) is 16.4 Å². The van der Waals surface area contributed by atoms with Crippen LogP contribution < -0.4 is 5.32 Å². The molecule has 0 bridgehead atoms. The first kappa shape index (κ1) is 15.3. The van der Waals surface area contributed by atoms with E-state index in [0.29, 0.717) is 16.6 Å². The van der Waals surface area contributed by atoms with Crippen LogP contribution in [-0.4, -0.2) is 31.2 Å². The molecule has 122 valence electrons. The van der Waals surface area contributed by atoms with Crippen molar-refractivity contribution < 1.29 is 4.79 Å². The van der Waals surface area contributed by atoms with Crippen LogP contribution in [0.4, 0.5) is 5.82 Å². The molecule has 6 nitrogen and oxygen atoms in total. The van der Waals surface area contributed by atoms with Gasteiger partial charge in [0, 0.05) is 29.4 Å². The number of aromatic nitrogens is 4. The third kappa shape index (κ3) is 2.70. The largest absolute Gasteiger partial charge is 0.310 e. The van der Waals surface area contributed by atoms with Crippen LogP contribution in [0.25, 0.3) is 5.69 Å². The number of hydrogen-bond acceptors (Lipinski definition) is 4. The van der Waals surface area contributed by atoms with Crippen molar-refractivity contribution in [3.05, 3.63) is 59.0 Å². The average molecular weight is 360 g/mol. The molecule has 0 fully saturated rings. The molecule has 2 aromatic heterocycles. The molecule has 8 heteroatoms. The fourth-order valence-corrected chi connectivity index (χ4v) is 3.91. The smallest absolute Gasteiger partial charge is 0.235 e. The monoisotopic (exact) mass is 359 g/mol. The van der Waals surface area contributed by atoms with Crippen LogP contribution in [-0.2, 0) is 11.8 Å². The lowest BCUT2D eigenvalue weighted by Gasteiger charge is -2.12. The van der Waals surface area contributed by atoms with E-state index in [2.05, 4.69) is 15.5 Å². The van der Waals surface area contributed by atoms with Crippen LogP contribution in [0.5, 0.6) is 0 Å². The zero-order chi connectivity index (χ0) is 16.7. The Morgan fingerprint density at radius 1 is 1.25 bits per heavy atom.